The molecule has 0 aromatic heterocycles. The van der Waals surface area contributed by atoms with Gasteiger partial charge in [0.2, 0.25) is 0 Å². The van der Waals surface area contributed by atoms with E-state index in [0.29, 0.717) is 19.7 Å². The number of carbonyl (C=O) groups excluding carboxylic acids is 1. The first-order valence-electron chi connectivity index (χ1n) is 4.42. The lowest BCUT2D eigenvalue weighted by Gasteiger charge is -2.04. The van der Waals surface area contributed by atoms with Gasteiger partial charge in [-0.3, -0.25) is 0 Å². The maximum atomic E-state index is 10.8. The molecule has 12 heavy (non-hydrogen) atoms. The maximum absolute atomic E-state index is 10.8. The summed E-state index contributed by atoms with van der Waals surface area (Å²) in [4.78, 5) is 10.8. The van der Waals surface area contributed by atoms with Crippen LogP contribution in [0.3, 0.4) is 0 Å². The van der Waals surface area contributed by atoms with Crippen molar-refractivity contribution < 1.29 is 9.53 Å². The van der Waals surface area contributed by atoms with Crippen molar-refractivity contribution in [3.63, 3.8) is 0 Å². The zero-order chi connectivity index (χ0) is 9.23. The van der Waals surface area contributed by atoms with E-state index >= 15 is 0 Å². The summed E-state index contributed by atoms with van der Waals surface area (Å²) in [5.74, 6) is 0. The number of unbranched alkanes of at least 4 members (excludes halogenated alkanes) is 1. The summed E-state index contributed by atoms with van der Waals surface area (Å²) >= 11 is 0. The molecule has 4 heteroatoms. The van der Waals surface area contributed by atoms with Crippen LogP contribution >= 0.6 is 0 Å². The topological polar surface area (TPSA) is 64.3 Å². The molecule has 72 valence electrons. The van der Waals surface area contributed by atoms with Crippen molar-refractivity contribution in [3.05, 3.63) is 0 Å². The van der Waals surface area contributed by atoms with Crippen molar-refractivity contribution in [2.45, 2.75) is 26.2 Å². The Hall–Kier alpha value is -0.770. The van der Waals surface area contributed by atoms with E-state index in [1.165, 1.54) is 0 Å². The number of hydrogen-bond donors (Lipinski definition) is 2. The van der Waals surface area contributed by atoms with Crippen LogP contribution in [0.2, 0.25) is 0 Å². The Morgan fingerprint density at radius 3 is 2.83 bits per heavy atom. The van der Waals surface area contributed by atoms with Crippen molar-refractivity contribution in [1.82, 2.24) is 5.32 Å². The molecule has 0 bridgehead atoms. The molecular formula is C8H18N2O2. The standard InChI is InChI=1S/C8H18N2O2/c1-2-3-6-10-8(11)12-7-4-5-9/h2-7,9H2,1H3,(H,10,11). The maximum Gasteiger partial charge on any atom is 0.407 e. The third-order valence-corrected chi connectivity index (χ3v) is 1.38. The van der Waals surface area contributed by atoms with E-state index in [0.717, 1.165) is 19.3 Å². The fourth-order valence-electron chi connectivity index (χ4n) is 0.666. The first kappa shape index (κ1) is 11.2. The predicted molar refractivity (Wildman–Crippen MR) is 47.9 cm³/mol. The molecule has 0 rings (SSSR count). The minimum absolute atomic E-state index is 0.336. The van der Waals surface area contributed by atoms with Crippen LogP contribution < -0.4 is 11.1 Å². The molecule has 0 aromatic carbocycles. The molecule has 0 saturated carbocycles. The average molecular weight is 174 g/mol. The highest BCUT2D eigenvalue weighted by Crippen LogP contribution is 1.85. The summed E-state index contributed by atoms with van der Waals surface area (Å²) in [5, 5.41) is 2.64. The Kier molecular flexibility index (Phi) is 7.79. The van der Waals surface area contributed by atoms with E-state index < -0.39 is 0 Å². The SMILES string of the molecule is CCCCNC(=O)OCCCN. The second kappa shape index (κ2) is 8.33. The number of ether oxygens (including phenoxy) is 1. The Balaban J connectivity index is 3.10. The zero-order valence-corrected chi connectivity index (χ0v) is 7.64. The summed E-state index contributed by atoms with van der Waals surface area (Å²) in [6, 6.07) is 0. The molecule has 0 aliphatic carbocycles. The summed E-state index contributed by atoms with van der Waals surface area (Å²) in [6.45, 7) is 3.73. The smallest absolute Gasteiger partial charge is 0.407 e. The molecule has 0 aliphatic rings. The van der Waals surface area contributed by atoms with Crippen molar-refractivity contribution in [1.29, 1.82) is 0 Å². The predicted octanol–water partition coefficient (Wildman–Crippen LogP) is 0.862. The lowest BCUT2D eigenvalue weighted by Crippen LogP contribution is -2.26. The van der Waals surface area contributed by atoms with Crippen molar-refractivity contribution in [2.24, 2.45) is 5.73 Å². The van der Waals surface area contributed by atoms with E-state index in [4.69, 9.17) is 10.5 Å². The van der Waals surface area contributed by atoms with Gasteiger partial charge in [-0.25, -0.2) is 4.79 Å². The molecule has 0 radical (unpaired) electrons. The van der Waals surface area contributed by atoms with Gasteiger partial charge in [0.15, 0.2) is 0 Å². The quantitative estimate of drug-likeness (QED) is 0.587. The van der Waals surface area contributed by atoms with Gasteiger partial charge in [-0.1, -0.05) is 13.3 Å². The lowest BCUT2D eigenvalue weighted by atomic mass is 10.3. The van der Waals surface area contributed by atoms with Crippen LogP contribution in [-0.2, 0) is 4.74 Å². The molecule has 0 unspecified atom stereocenters. The number of carbonyl (C=O) groups is 1. The average Bonchev–Trinajstić information content (AvgIpc) is 2.06. The normalized spacial score (nSPS) is 9.50. The zero-order valence-electron chi connectivity index (χ0n) is 7.64. The van der Waals surface area contributed by atoms with E-state index in [2.05, 4.69) is 12.2 Å². The highest BCUT2D eigenvalue weighted by Gasteiger charge is 1.98. The van der Waals surface area contributed by atoms with Gasteiger partial charge in [-0.15, -0.1) is 0 Å². The van der Waals surface area contributed by atoms with E-state index in [-0.39, 0.29) is 6.09 Å². The molecule has 0 saturated heterocycles. The Morgan fingerprint density at radius 2 is 2.25 bits per heavy atom. The van der Waals surface area contributed by atoms with Gasteiger partial charge >= 0.3 is 6.09 Å². The van der Waals surface area contributed by atoms with Gasteiger partial charge in [-0.05, 0) is 19.4 Å². The van der Waals surface area contributed by atoms with Gasteiger partial charge < -0.3 is 15.8 Å². The van der Waals surface area contributed by atoms with Crippen molar-refractivity contribution in [3.8, 4) is 0 Å². The van der Waals surface area contributed by atoms with Gasteiger partial charge in [0.25, 0.3) is 0 Å². The molecule has 0 aliphatic heterocycles. The van der Waals surface area contributed by atoms with Crippen LogP contribution in [0.4, 0.5) is 4.79 Å². The molecule has 0 fully saturated rings. The molecule has 0 atom stereocenters. The number of hydrogen-bond acceptors (Lipinski definition) is 3. The summed E-state index contributed by atoms with van der Waals surface area (Å²) in [5.41, 5.74) is 5.22. The highest BCUT2D eigenvalue weighted by molar-refractivity contribution is 5.66. The summed E-state index contributed by atoms with van der Waals surface area (Å²) in [7, 11) is 0. The van der Waals surface area contributed by atoms with Crippen molar-refractivity contribution in [2.75, 3.05) is 19.7 Å². The molecule has 0 aromatic rings. The van der Waals surface area contributed by atoms with Crippen LogP contribution in [-0.4, -0.2) is 25.8 Å². The molecule has 3 N–H and O–H groups in total. The first-order chi connectivity index (χ1) is 5.81. The number of rotatable bonds is 6. The van der Waals surface area contributed by atoms with Gasteiger partial charge in [0.1, 0.15) is 0 Å². The van der Waals surface area contributed by atoms with E-state index in [1.807, 2.05) is 0 Å². The van der Waals surface area contributed by atoms with E-state index in [9.17, 15) is 4.79 Å². The second-order valence-corrected chi connectivity index (χ2v) is 2.56. The Morgan fingerprint density at radius 1 is 1.50 bits per heavy atom. The first-order valence-corrected chi connectivity index (χ1v) is 4.42. The van der Waals surface area contributed by atoms with Gasteiger partial charge in [0.05, 0.1) is 6.61 Å². The minimum atomic E-state index is -0.336. The molecule has 0 heterocycles. The number of amides is 1. The van der Waals surface area contributed by atoms with E-state index in [1.54, 1.807) is 0 Å². The third-order valence-electron chi connectivity index (χ3n) is 1.38. The third kappa shape index (κ3) is 7.34. The van der Waals surface area contributed by atoms with Crippen LogP contribution in [0.5, 0.6) is 0 Å². The molecule has 1 amide bonds. The lowest BCUT2D eigenvalue weighted by molar-refractivity contribution is 0.145. The van der Waals surface area contributed by atoms with Gasteiger partial charge in [-0.2, -0.15) is 0 Å². The van der Waals surface area contributed by atoms with Crippen LogP contribution in [0, 0.1) is 0 Å². The van der Waals surface area contributed by atoms with Crippen LogP contribution in [0.1, 0.15) is 26.2 Å². The van der Waals surface area contributed by atoms with Crippen LogP contribution in [0.15, 0.2) is 0 Å². The fourth-order valence-corrected chi connectivity index (χ4v) is 0.666. The number of nitrogens with two attached hydrogens (primary N) is 1. The number of alkyl carbamates (subject to hydrolysis) is 1. The highest BCUT2D eigenvalue weighted by atomic mass is 16.5. The minimum Gasteiger partial charge on any atom is -0.450 e. The Bertz CT molecular complexity index is 106. The van der Waals surface area contributed by atoms with Crippen LogP contribution in [0.25, 0.3) is 0 Å². The molecular weight excluding hydrogens is 156 g/mol. The molecule has 4 nitrogen and oxygen atoms in total. The summed E-state index contributed by atoms with van der Waals surface area (Å²) in [6.07, 6.45) is 2.45. The number of nitrogens with one attached hydrogen (secondary N) is 1. The second-order valence-electron chi connectivity index (χ2n) is 2.56. The fraction of sp³-hybridized carbons (Fsp3) is 0.875. The Labute approximate surface area is 73.5 Å². The van der Waals surface area contributed by atoms with Crippen molar-refractivity contribution >= 4 is 6.09 Å². The monoisotopic (exact) mass is 174 g/mol. The largest absolute Gasteiger partial charge is 0.450 e. The summed E-state index contributed by atoms with van der Waals surface area (Å²) < 4.78 is 4.80. The van der Waals surface area contributed by atoms with Gasteiger partial charge in [0, 0.05) is 6.54 Å². The molecule has 0 spiro atoms.